The normalized spacial score (nSPS) is 33.0. The summed E-state index contributed by atoms with van der Waals surface area (Å²) < 4.78 is 0. The molecule has 14 heavy (non-hydrogen) atoms. The van der Waals surface area contributed by atoms with E-state index < -0.39 is 0 Å². The van der Waals surface area contributed by atoms with Crippen molar-refractivity contribution in [3.05, 3.63) is 48.2 Å². The van der Waals surface area contributed by atoms with E-state index in [2.05, 4.69) is 23.1 Å². The number of hydrogen-bond donors (Lipinski definition) is 0. The average molecular weight is 185 g/mol. The molecule has 0 N–H and O–H groups in total. The molecule has 1 aliphatic carbocycles. The van der Waals surface area contributed by atoms with Crippen molar-refractivity contribution in [1.29, 1.82) is 0 Å². The molecule has 2 aliphatic heterocycles. The standard InChI is InChI=1S/C12H11NO/c14-11-5-8-13-7-4-10-3-1-2-6-12(10,13)9-11/h1-6,8H,7,9H2. The Kier molecular flexibility index (Phi) is 1.38. The fraction of sp³-hybridized carbons (Fsp3) is 0.250. The predicted molar refractivity (Wildman–Crippen MR) is 54.6 cm³/mol. The molecule has 0 aromatic heterocycles. The molecule has 0 amide bonds. The van der Waals surface area contributed by atoms with Crippen LogP contribution in [-0.2, 0) is 4.79 Å². The van der Waals surface area contributed by atoms with E-state index in [0.29, 0.717) is 6.42 Å². The molecule has 70 valence electrons. The number of nitrogens with zero attached hydrogens (tertiary/aromatic N) is 1. The van der Waals surface area contributed by atoms with Crippen molar-refractivity contribution < 1.29 is 4.79 Å². The van der Waals surface area contributed by atoms with Crippen molar-refractivity contribution in [2.24, 2.45) is 0 Å². The minimum absolute atomic E-state index is 0.152. The quantitative estimate of drug-likeness (QED) is 0.571. The van der Waals surface area contributed by atoms with Gasteiger partial charge in [-0.2, -0.15) is 0 Å². The molecular weight excluding hydrogens is 174 g/mol. The second-order valence-electron chi connectivity index (χ2n) is 3.91. The van der Waals surface area contributed by atoms with Crippen LogP contribution in [0.3, 0.4) is 0 Å². The summed E-state index contributed by atoms with van der Waals surface area (Å²) in [5.41, 5.74) is 1.11. The SMILES string of the molecule is O=C1C=CN2CC=C3C=CC=CC32C1. The Morgan fingerprint density at radius 1 is 1.29 bits per heavy atom. The molecule has 1 atom stereocenters. The lowest BCUT2D eigenvalue weighted by Crippen LogP contribution is -2.45. The number of allylic oxidation sites excluding steroid dienone is 3. The molecular formula is C12H11NO. The number of rotatable bonds is 0. The molecule has 0 radical (unpaired) electrons. The maximum atomic E-state index is 11.5. The summed E-state index contributed by atoms with van der Waals surface area (Å²) in [6.45, 7) is 0.911. The largest absolute Gasteiger partial charge is 0.360 e. The lowest BCUT2D eigenvalue weighted by molar-refractivity contribution is -0.116. The van der Waals surface area contributed by atoms with E-state index in [-0.39, 0.29) is 11.3 Å². The first kappa shape index (κ1) is 7.80. The van der Waals surface area contributed by atoms with Crippen molar-refractivity contribution in [3.8, 4) is 0 Å². The second kappa shape index (κ2) is 2.47. The van der Waals surface area contributed by atoms with Gasteiger partial charge in [0.15, 0.2) is 5.78 Å². The van der Waals surface area contributed by atoms with E-state index >= 15 is 0 Å². The first-order valence-electron chi connectivity index (χ1n) is 4.86. The zero-order valence-electron chi connectivity index (χ0n) is 7.81. The van der Waals surface area contributed by atoms with Crippen LogP contribution in [0.1, 0.15) is 6.42 Å². The van der Waals surface area contributed by atoms with Crippen LogP contribution in [0.15, 0.2) is 48.2 Å². The van der Waals surface area contributed by atoms with Crippen LogP contribution in [0.5, 0.6) is 0 Å². The van der Waals surface area contributed by atoms with Crippen molar-refractivity contribution in [3.63, 3.8) is 0 Å². The molecule has 3 rings (SSSR count). The van der Waals surface area contributed by atoms with E-state index in [1.54, 1.807) is 6.08 Å². The van der Waals surface area contributed by atoms with Crippen LogP contribution in [-0.4, -0.2) is 22.8 Å². The van der Waals surface area contributed by atoms with E-state index in [0.717, 1.165) is 6.54 Å². The topological polar surface area (TPSA) is 20.3 Å². The average Bonchev–Trinajstić information content (AvgIpc) is 2.55. The third kappa shape index (κ3) is 0.830. The van der Waals surface area contributed by atoms with Gasteiger partial charge in [0.05, 0.1) is 5.54 Å². The van der Waals surface area contributed by atoms with E-state index in [4.69, 9.17) is 0 Å². The van der Waals surface area contributed by atoms with Crippen LogP contribution in [0.2, 0.25) is 0 Å². The van der Waals surface area contributed by atoms with E-state index in [9.17, 15) is 4.79 Å². The lowest BCUT2D eigenvalue weighted by Gasteiger charge is -2.40. The summed E-state index contributed by atoms with van der Waals surface area (Å²) in [6.07, 6.45) is 14.7. The summed E-state index contributed by atoms with van der Waals surface area (Å²) in [5, 5.41) is 0. The summed E-state index contributed by atoms with van der Waals surface area (Å²) in [5.74, 6) is 0.217. The summed E-state index contributed by atoms with van der Waals surface area (Å²) in [4.78, 5) is 13.7. The third-order valence-electron chi connectivity index (χ3n) is 3.16. The molecule has 0 saturated carbocycles. The Balaban J connectivity index is 2.13. The van der Waals surface area contributed by atoms with Gasteiger partial charge in [-0.25, -0.2) is 0 Å². The van der Waals surface area contributed by atoms with Gasteiger partial charge in [0.2, 0.25) is 0 Å². The van der Waals surface area contributed by atoms with Crippen LogP contribution in [0.25, 0.3) is 0 Å². The molecule has 0 fully saturated rings. The lowest BCUT2D eigenvalue weighted by atomic mass is 9.81. The molecule has 1 spiro atoms. The van der Waals surface area contributed by atoms with E-state index in [1.807, 2.05) is 18.4 Å². The van der Waals surface area contributed by atoms with Gasteiger partial charge >= 0.3 is 0 Å². The van der Waals surface area contributed by atoms with Crippen LogP contribution < -0.4 is 0 Å². The summed E-state index contributed by atoms with van der Waals surface area (Å²) >= 11 is 0. The molecule has 1 unspecified atom stereocenters. The Hall–Kier alpha value is -1.57. The molecule has 3 aliphatic rings. The highest BCUT2D eigenvalue weighted by atomic mass is 16.1. The van der Waals surface area contributed by atoms with Gasteiger partial charge in [-0.15, -0.1) is 0 Å². The van der Waals surface area contributed by atoms with Gasteiger partial charge in [-0.1, -0.05) is 30.4 Å². The summed E-state index contributed by atoms with van der Waals surface area (Å²) in [7, 11) is 0. The first-order valence-corrected chi connectivity index (χ1v) is 4.86. The highest BCUT2D eigenvalue weighted by Crippen LogP contribution is 2.40. The predicted octanol–water partition coefficient (Wildman–Crippen LogP) is 1.58. The number of ketones is 1. The number of carbonyl (C=O) groups excluding carboxylic acids is 1. The zero-order valence-corrected chi connectivity index (χ0v) is 7.81. The van der Waals surface area contributed by atoms with Gasteiger partial charge in [-0.3, -0.25) is 4.79 Å². The minimum Gasteiger partial charge on any atom is -0.360 e. The molecule has 2 nitrogen and oxygen atoms in total. The molecule has 2 heteroatoms. The van der Waals surface area contributed by atoms with Crippen molar-refractivity contribution >= 4 is 5.78 Å². The molecule has 2 heterocycles. The Morgan fingerprint density at radius 3 is 3.14 bits per heavy atom. The maximum absolute atomic E-state index is 11.5. The smallest absolute Gasteiger partial charge is 0.160 e. The number of carbonyl (C=O) groups is 1. The maximum Gasteiger partial charge on any atom is 0.160 e. The Bertz CT molecular complexity index is 414. The molecule has 0 bridgehead atoms. The second-order valence-corrected chi connectivity index (χ2v) is 3.91. The fourth-order valence-electron chi connectivity index (χ4n) is 2.43. The van der Waals surface area contributed by atoms with Crippen molar-refractivity contribution in [2.45, 2.75) is 12.0 Å². The minimum atomic E-state index is -0.152. The van der Waals surface area contributed by atoms with Crippen molar-refractivity contribution in [1.82, 2.24) is 4.90 Å². The first-order chi connectivity index (χ1) is 6.81. The van der Waals surface area contributed by atoms with Crippen LogP contribution in [0, 0.1) is 0 Å². The molecule has 0 aromatic rings. The van der Waals surface area contributed by atoms with Gasteiger partial charge in [-0.05, 0) is 11.6 Å². The zero-order chi connectivity index (χ0) is 9.60. The molecule has 0 aromatic carbocycles. The Labute approximate surface area is 82.9 Å². The Morgan fingerprint density at radius 2 is 2.21 bits per heavy atom. The highest BCUT2D eigenvalue weighted by molar-refractivity contribution is 5.92. The number of hydrogen-bond acceptors (Lipinski definition) is 2. The van der Waals surface area contributed by atoms with Crippen LogP contribution >= 0.6 is 0 Å². The summed E-state index contributed by atoms with van der Waals surface area (Å²) in [6, 6.07) is 0. The monoisotopic (exact) mass is 185 g/mol. The molecule has 0 saturated heterocycles. The third-order valence-corrected chi connectivity index (χ3v) is 3.16. The van der Waals surface area contributed by atoms with Crippen molar-refractivity contribution in [2.75, 3.05) is 6.54 Å². The van der Waals surface area contributed by atoms with Gasteiger partial charge in [0, 0.05) is 19.2 Å². The fourth-order valence-corrected chi connectivity index (χ4v) is 2.43. The van der Waals surface area contributed by atoms with Gasteiger partial charge in [0.25, 0.3) is 0 Å². The van der Waals surface area contributed by atoms with Crippen LogP contribution in [0.4, 0.5) is 0 Å². The van der Waals surface area contributed by atoms with Gasteiger partial charge < -0.3 is 4.90 Å². The van der Waals surface area contributed by atoms with E-state index in [1.165, 1.54) is 5.57 Å². The van der Waals surface area contributed by atoms with Gasteiger partial charge in [0.1, 0.15) is 0 Å². The highest BCUT2D eigenvalue weighted by Gasteiger charge is 2.42.